The summed E-state index contributed by atoms with van der Waals surface area (Å²) in [5, 5.41) is 33.0. The lowest BCUT2D eigenvalue weighted by atomic mass is 10.1. The molecule has 0 radical (unpaired) electrons. The Morgan fingerprint density at radius 3 is 2.00 bits per heavy atom. The van der Waals surface area contributed by atoms with Crippen molar-refractivity contribution < 1.29 is 39.3 Å². The van der Waals surface area contributed by atoms with E-state index >= 15 is 0 Å². The van der Waals surface area contributed by atoms with Crippen LogP contribution < -0.4 is 16.4 Å². The van der Waals surface area contributed by atoms with Gasteiger partial charge in [-0.1, -0.05) is 0 Å². The van der Waals surface area contributed by atoms with Gasteiger partial charge in [-0.25, -0.2) is 4.79 Å². The Kier molecular flexibility index (Phi) is 8.38. The molecule has 6 atom stereocenters. The van der Waals surface area contributed by atoms with E-state index in [0.29, 0.717) is 19.4 Å². The van der Waals surface area contributed by atoms with Crippen LogP contribution in [0.3, 0.4) is 0 Å². The van der Waals surface area contributed by atoms with Crippen molar-refractivity contribution in [2.45, 2.75) is 51.0 Å². The van der Waals surface area contributed by atoms with E-state index in [-0.39, 0.29) is 31.4 Å². The zero-order valence-electron chi connectivity index (χ0n) is 18.1. The first kappa shape index (κ1) is 25.3. The third-order valence-electron chi connectivity index (χ3n) is 5.93. The van der Waals surface area contributed by atoms with E-state index < -0.39 is 54.0 Å². The maximum Gasteiger partial charge on any atom is 0.404 e. The van der Waals surface area contributed by atoms with Crippen molar-refractivity contribution >= 4 is 29.7 Å². The van der Waals surface area contributed by atoms with Crippen molar-refractivity contribution in [2.24, 2.45) is 17.6 Å². The molecule has 0 aromatic rings. The second kappa shape index (κ2) is 10.6. The molecule has 0 bridgehead atoms. The lowest BCUT2D eigenvalue weighted by Crippen LogP contribution is -2.50. The summed E-state index contributed by atoms with van der Waals surface area (Å²) in [6.07, 6.45) is -3.61. The summed E-state index contributed by atoms with van der Waals surface area (Å²) >= 11 is 0. The number of nitrogens with one attached hydrogen (secondary N) is 2. The number of carboxylic acid groups (broad SMARTS) is 1. The van der Waals surface area contributed by atoms with E-state index in [1.165, 1.54) is 18.7 Å². The molecule has 0 aromatic carbocycles. The Labute approximate surface area is 184 Å². The first-order chi connectivity index (χ1) is 14.9. The van der Waals surface area contributed by atoms with Gasteiger partial charge in [0.2, 0.25) is 17.7 Å². The quantitative estimate of drug-likeness (QED) is 0.222. The van der Waals surface area contributed by atoms with E-state index in [1.807, 2.05) is 5.32 Å². The molecule has 0 unspecified atom stereocenters. The van der Waals surface area contributed by atoms with Crippen molar-refractivity contribution in [1.29, 1.82) is 0 Å². The van der Waals surface area contributed by atoms with Gasteiger partial charge in [0.15, 0.2) is 12.2 Å². The van der Waals surface area contributed by atoms with Crippen molar-refractivity contribution in [1.82, 2.24) is 20.4 Å². The fourth-order valence-electron chi connectivity index (χ4n) is 3.94. The molecule has 0 saturated carbocycles. The van der Waals surface area contributed by atoms with Gasteiger partial charge in [0.1, 0.15) is 0 Å². The van der Waals surface area contributed by atoms with Gasteiger partial charge in [0.05, 0.1) is 23.9 Å². The Bertz CT molecular complexity index is 762. The number of nitrogens with zero attached hydrogens (tertiary/aromatic N) is 2. The average molecular weight is 457 g/mol. The highest BCUT2D eigenvalue weighted by molar-refractivity contribution is 5.86. The largest absolute Gasteiger partial charge is 0.465 e. The minimum atomic E-state index is -1.56. The van der Waals surface area contributed by atoms with E-state index in [0.717, 1.165) is 0 Å². The summed E-state index contributed by atoms with van der Waals surface area (Å²) in [6, 6.07) is -1.85. The second-order valence-electron chi connectivity index (χ2n) is 8.37. The first-order valence-electron chi connectivity index (χ1n) is 10.4. The van der Waals surface area contributed by atoms with Crippen LogP contribution in [0.15, 0.2) is 0 Å². The smallest absolute Gasteiger partial charge is 0.404 e. The van der Waals surface area contributed by atoms with Crippen LogP contribution >= 0.6 is 0 Å². The number of hydrogen-bond acceptors (Lipinski definition) is 7. The zero-order valence-corrected chi connectivity index (χ0v) is 18.1. The van der Waals surface area contributed by atoms with Gasteiger partial charge in [0, 0.05) is 26.2 Å². The molecule has 2 aliphatic rings. The molecule has 0 spiro atoms. The highest BCUT2D eigenvalue weighted by atomic mass is 16.4. The predicted octanol–water partition coefficient (Wildman–Crippen LogP) is -2.95. The number of primary amides is 1. The van der Waals surface area contributed by atoms with Gasteiger partial charge in [-0.05, 0) is 26.7 Å². The highest BCUT2D eigenvalue weighted by Crippen LogP contribution is 2.24. The number of rotatable bonds is 8. The van der Waals surface area contributed by atoms with Crippen LogP contribution in [0.5, 0.6) is 0 Å². The van der Waals surface area contributed by atoms with Gasteiger partial charge in [-0.15, -0.1) is 0 Å². The van der Waals surface area contributed by atoms with Crippen LogP contribution in [0.4, 0.5) is 4.79 Å². The highest BCUT2D eigenvalue weighted by Gasteiger charge is 2.40. The van der Waals surface area contributed by atoms with Crippen LogP contribution in [0, 0.1) is 11.8 Å². The Balaban J connectivity index is 1.86. The molecule has 7 N–H and O–H groups in total. The maximum absolute atomic E-state index is 12.9. The van der Waals surface area contributed by atoms with E-state index in [4.69, 9.17) is 10.8 Å². The molecule has 32 heavy (non-hydrogen) atoms. The number of aliphatic hydroxyl groups is 2. The molecule has 2 rings (SSSR count). The molecule has 13 nitrogen and oxygen atoms in total. The normalized spacial score (nSPS) is 24.4. The molecule has 13 heteroatoms. The molecule has 2 aliphatic heterocycles. The van der Waals surface area contributed by atoms with Crippen LogP contribution in [-0.4, -0.2) is 105 Å². The van der Waals surface area contributed by atoms with Gasteiger partial charge in [-0.2, -0.15) is 0 Å². The van der Waals surface area contributed by atoms with Crippen molar-refractivity contribution in [3.8, 4) is 0 Å². The molecule has 5 amide bonds. The number of amides is 5. The molecule has 180 valence electrons. The monoisotopic (exact) mass is 457 g/mol. The summed E-state index contributed by atoms with van der Waals surface area (Å²) in [5.74, 6) is -3.16. The average Bonchev–Trinajstić information content (AvgIpc) is 3.40. The van der Waals surface area contributed by atoms with Crippen LogP contribution in [-0.2, 0) is 19.2 Å². The number of nitrogens with two attached hydrogens (primary N) is 1. The fraction of sp³-hybridized carbons (Fsp3) is 0.737. The Morgan fingerprint density at radius 2 is 1.41 bits per heavy atom. The van der Waals surface area contributed by atoms with Crippen LogP contribution in [0.25, 0.3) is 0 Å². The third-order valence-corrected chi connectivity index (χ3v) is 5.93. The Hall–Kier alpha value is -2.93. The van der Waals surface area contributed by atoms with E-state index in [2.05, 4.69) is 5.32 Å². The first-order valence-corrected chi connectivity index (χ1v) is 10.4. The minimum Gasteiger partial charge on any atom is -0.465 e. The summed E-state index contributed by atoms with van der Waals surface area (Å²) in [6.45, 7) is 3.72. The third kappa shape index (κ3) is 6.07. The number of carbonyl (C=O) groups is 5. The second-order valence-corrected chi connectivity index (χ2v) is 8.37. The van der Waals surface area contributed by atoms with Gasteiger partial charge < -0.3 is 41.5 Å². The zero-order chi connectivity index (χ0) is 24.2. The lowest BCUT2D eigenvalue weighted by molar-refractivity contribution is -0.141. The summed E-state index contributed by atoms with van der Waals surface area (Å²) in [4.78, 5) is 62.3. The molecular formula is C19H31N5O8. The lowest BCUT2D eigenvalue weighted by Gasteiger charge is -2.25. The van der Waals surface area contributed by atoms with Crippen molar-refractivity contribution in [2.75, 3.05) is 26.2 Å². The number of carbonyl (C=O) groups excluding carboxylic acids is 4. The topological polar surface area (TPSA) is 203 Å². The van der Waals surface area contributed by atoms with Crippen molar-refractivity contribution in [3.05, 3.63) is 0 Å². The number of aliphatic hydroxyl groups excluding tert-OH is 2. The predicted molar refractivity (Wildman–Crippen MR) is 109 cm³/mol. The maximum atomic E-state index is 12.9. The summed E-state index contributed by atoms with van der Waals surface area (Å²) in [5.41, 5.74) is 5.02. The summed E-state index contributed by atoms with van der Waals surface area (Å²) in [7, 11) is 0. The van der Waals surface area contributed by atoms with E-state index in [1.54, 1.807) is 4.90 Å². The molecule has 0 aliphatic carbocycles. The van der Waals surface area contributed by atoms with Crippen LogP contribution in [0.1, 0.15) is 26.7 Å². The van der Waals surface area contributed by atoms with Gasteiger partial charge in [-0.3, -0.25) is 19.2 Å². The molecule has 2 saturated heterocycles. The van der Waals surface area contributed by atoms with Crippen LogP contribution in [0.2, 0.25) is 0 Å². The fourth-order valence-corrected chi connectivity index (χ4v) is 3.94. The molecular weight excluding hydrogens is 426 g/mol. The summed E-state index contributed by atoms with van der Waals surface area (Å²) < 4.78 is 0. The molecule has 2 heterocycles. The van der Waals surface area contributed by atoms with Gasteiger partial charge in [0.25, 0.3) is 5.91 Å². The molecule has 2 fully saturated rings. The Morgan fingerprint density at radius 1 is 0.875 bits per heavy atom. The standard InChI is InChI=1S/C19H31N5O8/c1-9(13(25)15(20)27)21-16(28)11-3-5-23(7-11)17(29)12-4-6-24(8-12)18(30)14(26)10(2)22-19(31)32/h9-14,22,25-26H,3-8H2,1-2H3,(H2,20,27)(H,21,28)(H,31,32)/t9-,10-,11+,12+,13+,14+/m0/s1. The number of likely N-dealkylation sites (tertiary alicyclic amines) is 2. The SMILES string of the molecule is C[C@H](NC(=O)[C@@H]1CCN(C(=O)[C@@H]2CCN(C(=O)[C@H](O)[C@H](C)NC(=O)O)C2)C1)[C@@H](O)C(N)=O. The van der Waals surface area contributed by atoms with Crippen molar-refractivity contribution in [3.63, 3.8) is 0 Å². The van der Waals surface area contributed by atoms with E-state index in [9.17, 15) is 34.2 Å². The van der Waals surface area contributed by atoms with Gasteiger partial charge >= 0.3 is 6.09 Å². The minimum absolute atomic E-state index is 0.101. The molecule has 0 aromatic heterocycles. The number of hydrogen-bond donors (Lipinski definition) is 6.